The van der Waals surface area contributed by atoms with E-state index in [2.05, 4.69) is 14.8 Å². The lowest BCUT2D eigenvalue weighted by Gasteiger charge is -1.99. The van der Waals surface area contributed by atoms with Gasteiger partial charge in [0, 0.05) is 0 Å². The molecule has 0 bridgehead atoms. The zero-order valence-electron chi connectivity index (χ0n) is 4.63. The van der Waals surface area contributed by atoms with Crippen molar-refractivity contribution in [2.45, 2.75) is 0 Å². The van der Waals surface area contributed by atoms with Crippen LogP contribution < -0.4 is 14.8 Å². The van der Waals surface area contributed by atoms with Gasteiger partial charge < -0.3 is 10.0 Å². The summed E-state index contributed by atoms with van der Waals surface area (Å²) in [6, 6.07) is 0. The molecule has 0 saturated carbocycles. The third-order valence-corrected chi connectivity index (χ3v) is 2.54. The molecular formula is C3H3N3S4. The summed E-state index contributed by atoms with van der Waals surface area (Å²) in [7, 11) is 0. The van der Waals surface area contributed by atoms with Gasteiger partial charge in [0.05, 0.1) is 12.1 Å². The van der Waals surface area contributed by atoms with Crippen LogP contribution in [-0.4, -0.2) is 15.1 Å². The topological polar surface area (TPSA) is 36.1 Å². The van der Waals surface area contributed by atoms with Crippen LogP contribution in [0.4, 0.5) is 0 Å². The predicted molar refractivity (Wildman–Crippen MR) is 54.8 cm³/mol. The minimum absolute atomic E-state index is 0.456. The zero-order chi connectivity index (χ0) is 7.56. The lowest BCUT2D eigenvalue weighted by Crippen LogP contribution is -2.35. The molecule has 0 atom stereocenters. The van der Waals surface area contributed by atoms with Crippen molar-refractivity contribution < 1.29 is 0 Å². The van der Waals surface area contributed by atoms with Crippen molar-refractivity contribution in [3.63, 3.8) is 0 Å². The second kappa shape index (κ2) is 3.42. The van der Waals surface area contributed by atoms with Crippen molar-refractivity contribution in [1.29, 1.82) is 0 Å². The van der Waals surface area contributed by atoms with Gasteiger partial charge in [0.15, 0.2) is 5.11 Å². The highest BCUT2D eigenvalue weighted by Gasteiger charge is 2.10. The molecule has 0 unspecified atom stereocenters. The first-order valence-electron chi connectivity index (χ1n) is 2.27. The number of hydrogen-bond donors (Lipinski definition) is 3. The van der Waals surface area contributed by atoms with E-state index < -0.39 is 0 Å². The summed E-state index contributed by atoms with van der Waals surface area (Å²) >= 11 is 15.7. The van der Waals surface area contributed by atoms with Crippen LogP contribution in [0.5, 0.6) is 0 Å². The Morgan fingerprint density at radius 1 is 1.00 bits per heavy atom. The van der Waals surface area contributed by atoms with Gasteiger partial charge >= 0.3 is 0 Å². The molecule has 0 radical (unpaired) electrons. The average Bonchev–Trinajstić information content (AvgIpc) is 1.96. The van der Waals surface area contributed by atoms with Gasteiger partial charge in [-0.1, -0.05) is 24.4 Å². The largest absolute Gasteiger partial charge is 0.321 e. The molecule has 0 spiro atoms. The summed E-state index contributed by atoms with van der Waals surface area (Å²) in [5, 5.41) is 3.19. The fraction of sp³-hybridized carbons (Fsp3) is 0. The molecule has 1 heterocycles. The molecule has 3 nitrogen and oxygen atoms in total. The average molecular weight is 209 g/mol. The maximum Gasteiger partial charge on any atom is 0.182 e. The normalized spacial score (nSPS) is 18.6. The highest BCUT2D eigenvalue weighted by molar-refractivity contribution is 8.00. The molecule has 54 valence electrons. The number of nitrogens with one attached hydrogen (secondary N) is 3. The summed E-state index contributed by atoms with van der Waals surface area (Å²) < 4.78 is 5.53. The van der Waals surface area contributed by atoms with Crippen molar-refractivity contribution >= 4 is 63.9 Å². The molecule has 0 aromatic heterocycles. The number of hydrogen-bond acceptors (Lipinski definition) is 4. The van der Waals surface area contributed by atoms with E-state index in [1.807, 2.05) is 0 Å². The maximum atomic E-state index is 4.84. The Bertz CT molecular complexity index is 200. The van der Waals surface area contributed by atoms with Crippen molar-refractivity contribution in [2.75, 3.05) is 0 Å². The maximum absolute atomic E-state index is 4.84. The van der Waals surface area contributed by atoms with Gasteiger partial charge in [0.25, 0.3) is 0 Å². The standard InChI is InChI=1S/C3H3N3S4/c7-1-2(8)5-10-6-3(9)4-1/h(H,5,8)(H2,4,6,7,9). The highest BCUT2D eigenvalue weighted by Crippen LogP contribution is 1.93. The van der Waals surface area contributed by atoms with Crippen LogP contribution in [0.1, 0.15) is 0 Å². The minimum atomic E-state index is 0.456. The zero-order valence-corrected chi connectivity index (χ0v) is 7.90. The summed E-state index contributed by atoms with van der Waals surface area (Å²) in [6.45, 7) is 0. The van der Waals surface area contributed by atoms with Crippen LogP contribution in [0.15, 0.2) is 0 Å². The first-order valence-corrected chi connectivity index (χ1v) is 4.31. The van der Waals surface area contributed by atoms with Crippen LogP contribution in [-0.2, 0) is 0 Å². The van der Waals surface area contributed by atoms with E-state index in [0.29, 0.717) is 15.1 Å². The molecule has 1 aliphatic rings. The number of rotatable bonds is 0. The minimum Gasteiger partial charge on any atom is -0.321 e. The molecule has 1 rings (SSSR count). The molecule has 0 aliphatic carbocycles. The Morgan fingerprint density at radius 3 is 2.40 bits per heavy atom. The van der Waals surface area contributed by atoms with Crippen LogP contribution in [0.25, 0.3) is 0 Å². The molecule has 1 fully saturated rings. The highest BCUT2D eigenvalue weighted by atomic mass is 32.2. The monoisotopic (exact) mass is 209 g/mol. The molecule has 3 N–H and O–H groups in total. The fourth-order valence-electron chi connectivity index (χ4n) is 0.350. The Morgan fingerprint density at radius 2 is 1.70 bits per heavy atom. The lowest BCUT2D eigenvalue weighted by atomic mass is 10.6. The van der Waals surface area contributed by atoms with E-state index in [0.717, 1.165) is 0 Å². The van der Waals surface area contributed by atoms with Crippen LogP contribution in [0.3, 0.4) is 0 Å². The summed E-state index contributed by atoms with van der Waals surface area (Å²) in [5.74, 6) is 0. The Balaban J connectivity index is 2.66. The Kier molecular flexibility index (Phi) is 2.78. The van der Waals surface area contributed by atoms with Crippen LogP contribution in [0, 0.1) is 0 Å². The molecule has 1 saturated heterocycles. The Labute approximate surface area is 78.6 Å². The third-order valence-electron chi connectivity index (χ3n) is 0.721. The van der Waals surface area contributed by atoms with Gasteiger partial charge in [-0.3, -0.25) is 4.72 Å². The first kappa shape index (κ1) is 8.12. The molecule has 0 aromatic carbocycles. The van der Waals surface area contributed by atoms with Crippen molar-refractivity contribution in [1.82, 2.24) is 14.8 Å². The number of thiocarbonyl (C=S) groups is 3. The van der Waals surface area contributed by atoms with Crippen molar-refractivity contribution in [3.05, 3.63) is 0 Å². The smallest absolute Gasteiger partial charge is 0.182 e. The lowest BCUT2D eigenvalue weighted by molar-refractivity contribution is 1.37. The van der Waals surface area contributed by atoms with Crippen LogP contribution >= 0.6 is 48.8 Å². The van der Waals surface area contributed by atoms with E-state index in [-0.39, 0.29) is 0 Å². The third kappa shape index (κ3) is 2.01. The second-order valence-corrected chi connectivity index (χ2v) is 3.26. The van der Waals surface area contributed by atoms with Crippen LogP contribution in [0.2, 0.25) is 0 Å². The van der Waals surface area contributed by atoms with Gasteiger partial charge in [-0.05, 0) is 12.2 Å². The summed E-state index contributed by atoms with van der Waals surface area (Å²) in [4.78, 5) is 0.949. The first-order chi connectivity index (χ1) is 4.70. The van der Waals surface area contributed by atoms with Gasteiger partial charge in [0.1, 0.15) is 9.98 Å². The van der Waals surface area contributed by atoms with Crippen molar-refractivity contribution in [3.8, 4) is 0 Å². The van der Waals surface area contributed by atoms with E-state index in [1.165, 1.54) is 12.1 Å². The quantitative estimate of drug-likeness (QED) is 0.390. The van der Waals surface area contributed by atoms with Gasteiger partial charge in [-0.25, -0.2) is 0 Å². The van der Waals surface area contributed by atoms with E-state index >= 15 is 0 Å². The van der Waals surface area contributed by atoms with E-state index in [9.17, 15) is 0 Å². The summed E-state index contributed by atoms with van der Waals surface area (Å²) in [5.41, 5.74) is 0. The van der Waals surface area contributed by atoms with E-state index in [4.69, 9.17) is 36.7 Å². The van der Waals surface area contributed by atoms with Gasteiger partial charge in [-0.15, -0.1) is 0 Å². The van der Waals surface area contributed by atoms with E-state index in [1.54, 1.807) is 0 Å². The second-order valence-electron chi connectivity index (χ2n) is 1.42. The van der Waals surface area contributed by atoms with Gasteiger partial charge in [-0.2, -0.15) is 0 Å². The molecule has 1 aliphatic heterocycles. The van der Waals surface area contributed by atoms with Crippen molar-refractivity contribution in [2.24, 2.45) is 0 Å². The molecule has 0 amide bonds. The predicted octanol–water partition coefficient (Wildman–Crippen LogP) is 0.272. The summed E-state index contributed by atoms with van der Waals surface area (Å²) in [6.07, 6.45) is 0. The fourth-order valence-corrected chi connectivity index (χ4v) is 1.42. The molecular weight excluding hydrogens is 206 g/mol. The Hall–Kier alpha value is 0.0200. The SMILES string of the molecule is S=C1NSNC(=S)C(=S)N1. The molecule has 10 heavy (non-hydrogen) atoms. The molecule has 0 aromatic rings. The van der Waals surface area contributed by atoms with Gasteiger partial charge in [0.2, 0.25) is 0 Å². The molecule has 7 heteroatoms.